The first kappa shape index (κ1) is 43.0. The Balaban J connectivity index is 0.857. The van der Waals surface area contributed by atoms with Crippen molar-refractivity contribution in [2.24, 2.45) is 64.1 Å². The molecule has 10 rings (SSSR count). The van der Waals surface area contributed by atoms with Gasteiger partial charge in [-0.15, -0.1) is 0 Å². The van der Waals surface area contributed by atoms with E-state index < -0.39 is 24.8 Å². The van der Waals surface area contributed by atoms with E-state index in [1.54, 1.807) is 17.7 Å². The third kappa shape index (κ3) is 7.23. The van der Waals surface area contributed by atoms with Crippen LogP contribution < -0.4 is 0 Å². The SMILES string of the molecule is CC1OCC2O[C@@H](O[C@H]3CC[C@@]4(C)C(=CC[C@H]5[C@@H]6C[C@@H]7O[C@]8(CC[C@@H](C)CO8)[C@@H](C)[C@@H]7[C@@]6(C)CC[C@@H]54)C3)C(O[C@@H]3OC(C)[C@H](C)[C@H](C)C3OC(=O)c3ccccc3)[C@@H](C)[C@@H]2O1. The van der Waals surface area contributed by atoms with E-state index in [4.69, 9.17) is 42.6 Å². The lowest BCUT2D eigenvalue weighted by molar-refractivity contribution is -0.382. The second-order valence-corrected chi connectivity index (χ2v) is 21.9. The lowest BCUT2D eigenvalue weighted by atomic mass is 9.47. The van der Waals surface area contributed by atoms with Crippen LogP contribution in [-0.2, 0) is 42.6 Å². The number of esters is 1. The fraction of sp³-hybridized carbons (Fsp3) is 0.824. The average Bonchev–Trinajstić information content (AvgIpc) is 3.70. The van der Waals surface area contributed by atoms with Crippen LogP contribution in [0.4, 0.5) is 0 Å². The molecule has 1 spiro atoms. The van der Waals surface area contributed by atoms with Crippen molar-refractivity contribution >= 4 is 5.97 Å². The second kappa shape index (κ2) is 16.2. The highest BCUT2D eigenvalue weighted by atomic mass is 16.8. The summed E-state index contributed by atoms with van der Waals surface area (Å²) in [5, 5.41) is 0. The summed E-state index contributed by atoms with van der Waals surface area (Å²) in [6.07, 6.45) is 9.43. The zero-order valence-electron chi connectivity index (χ0n) is 38.3. The highest BCUT2D eigenvalue weighted by Crippen LogP contribution is 2.70. The zero-order chi connectivity index (χ0) is 42.6. The lowest BCUT2D eigenvalue weighted by Crippen LogP contribution is -2.63. The Kier molecular flexibility index (Phi) is 11.4. The van der Waals surface area contributed by atoms with E-state index in [-0.39, 0.29) is 65.6 Å². The predicted molar refractivity (Wildman–Crippen MR) is 228 cm³/mol. The fourth-order valence-electron chi connectivity index (χ4n) is 14.8. The minimum absolute atomic E-state index is 0.00494. The smallest absolute Gasteiger partial charge is 0.338 e. The lowest BCUT2D eigenvalue weighted by Gasteiger charge is -2.59. The average molecular weight is 847 g/mol. The quantitative estimate of drug-likeness (QED) is 0.203. The molecule has 5 heterocycles. The van der Waals surface area contributed by atoms with Gasteiger partial charge in [-0.05, 0) is 124 Å². The number of carbonyl (C=O) groups excluding carboxylic acids is 1. The molecule has 0 radical (unpaired) electrons. The minimum atomic E-state index is -0.803. The van der Waals surface area contributed by atoms with Crippen LogP contribution in [-0.4, -0.2) is 86.6 Å². The van der Waals surface area contributed by atoms with Crippen LogP contribution in [0.5, 0.6) is 0 Å². The summed E-state index contributed by atoms with van der Waals surface area (Å²) in [6, 6.07) is 9.15. The van der Waals surface area contributed by atoms with Crippen molar-refractivity contribution in [3.8, 4) is 0 Å². The Morgan fingerprint density at radius 3 is 2.33 bits per heavy atom. The Bertz CT molecular complexity index is 1780. The van der Waals surface area contributed by atoms with E-state index in [9.17, 15) is 4.79 Å². The molecule has 1 aromatic rings. The summed E-state index contributed by atoms with van der Waals surface area (Å²) in [4.78, 5) is 13.5. The number of ether oxygens (including phenoxy) is 9. The van der Waals surface area contributed by atoms with Gasteiger partial charge in [0.2, 0.25) is 0 Å². The molecule has 4 aliphatic carbocycles. The van der Waals surface area contributed by atoms with E-state index >= 15 is 0 Å². The fourth-order valence-corrected chi connectivity index (χ4v) is 14.8. The normalized spacial score (nSPS) is 52.9. The van der Waals surface area contributed by atoms with Gasteiger partial charge in [-0.1, -0.05) is 78.3 Å². The third-order valence-electron chi connectivity index (χ3n) is 18.7. The van der Waals surface area contributed by atoms with Gasteiger partial charge in [-0.25, -0.2) is 4.79 Å². The minimum Gasteiger partial charge on any atom is -0.453 e. The predicted octanol–water partition coefficient (Wildman–Crippen LogP) is 9.49. The summed E-state index contributed by atoms with van der Waals surface area (Å²) in [6.45, 7) is 21.7. The summed E-state index contributed by atoms with van der Waals surface area (Å²) in [5.41, 5.74) is 2.53. The van der Waals surface area contributed by atoms with Gasteiger partial charge in [0.05, 0.1) is 43.2 Å². The summed E-state index contributed by atoms with van der Waals surface area (Å²) in [5.74, 6) is 2.97. The first-order valence-electron chi connectivity index (χ1n) is 24.4. The van der Waals surface area contributed by atoms with Gasteiger partial charge in [0.1, 0.15) is 12.2 Å². The number of hydrogen-bond acceptors (Lipinski definition) is 10. The molecule has 5 saturated heterocycles. The van der Waals surface area contributed by atoms with Crippen LogP contribution in [0.2, 0.25) is 0 Å². The van der Waals surface area contributed by atoms with Crippen molar-refractivity contribution in [2.75, 3.05) is 13.2 Å². The van der Waals surface area contributed by atoms with Gasteiger partial charge in [-0.2, -0.15) is 0 Å². The number of carbonyl (C=O) groups is 1. The van der Waals surface area contributed by atoms with E-state index in [2.05, 4.69) is 61.5 Å². The molecule has 10 heteroatoms. The van der Waals surface area contributed by atoms with Crippen molar-refractivity contribution in [1.82, 2.24) is 0 Å². The highest BCUT2D eigenvalue weighted by molar-refractivity contribution is 5.89. The first-order valence-corrected chi connectivity index (χ1v) is 24.4. The van der Waals surface area contributed by atoms with Crippen LogP contribution in [0.3, 0.4) is 0 Å². The number of allylic oxidation sites excluding steroid dienone is 1. The van der Waals surface area contributed by atoms with Crippen LogP contribution >= 0.6 is 0 Å². The maximum atomic E-state index is 13.5. The summed E-state index contributed by atoms with van der Waals surface area (Å²) < 4.78 is 59.9. The Labute approximate surface area is 364 Å². The molecule has 5 aliphatic heterocycles. The maximum Gasteiger partial charge on any atom is 0.338 e. The molecule has 8 fully saturated rings. The monoisotopic (exact) mass is 847 g/mol. The topological polar surface area (TPSA) is 100 Å². The Morgan fingerprint density at radius 2 is 1.56 bits per heavy atom. The molecule has 0 N–H and O–H groups in total. The molecule has 0 bridgehead atoms. The van der Waals surface area contributed by atoms with Gasteiger partial charge < -0.3 is 42.6 Å². The number of benzene rings is 1. The molecule has 61 heavy (non-hydrogen) atoms. The molecule has 0 amide bonds. The molecule has 1 aromatic carbocycles. The number of fused-ring (bicyclic) bond motifs is 8. The molecule has 338 valence electrons. The van der Waals surface area contributed by atoms with E-state index in [0.717, 1.165) is 38.7 Å². The van der Waals surface area contributed by atoms with E-state index in [1.807, 2.05) is 25.1 Å². The molecule has 5 unspecified atom stereocenters. The third-order valence-corrected chi connectivity index (χ3v) is 18.7. The molecule has 9 aliphatic rings. The van der Waals surface area contributed by atoms with Gasteiger partial charge in [0.15, 0.2) is 30.8 Å². The van der Waals surface area contributed by atoms with Gasteiger partial charge in [0.25, 0.3) is 0 Å². The molecular weight excluding hydrogens is 773 g/mol. The van der Waals surface area contributed by atoms with Crippen LogP contribution in [0.1, 0.15) is 130 Å². The number of rotatable bonds is 6. The van der Waals surface area contributed by atoms with Crippen molar-refractivity contribution in [3.63, 3.8) is 0 Å². The molecular formula is C51H74O10. The zero-order valence-corrected chi connectivity index (χ0v) is 38.3. The number of hydrogen-bond donors (Lipinski definition) is 0. The molecule has 22 atom stereocenters. The summed E-state index contributed by atoms with van der Waals surface area (Å²) >= 11 is 0. The van der Waals surface area contributed by atoms with Gasteiger partial charge in [0, 0.05) is 24.2 Å². The van der Waals surface area contributed by atoms with Gasteiger partial charge in [-0.3, -0.25) is 0 Å². The van der Waals surface area contributed by atoms with E-state index in [0.29, 0.717) is 59.2 Å². The van der Waals surface area contributed by atoms with Crippen molar-refractivity contribution < 1.29 is 47.4 Å². The highest BCUT2D eigenvalue weighted by Gasteiger charge is 2.69. The molecule has 3 saturated carbocycles. The standard InChI is InChI=1S/C51H74O10/c1-27-17-22-51(54-25-27)31(5)42-40(61-51)24-39-37-16-15-35-23-36(18-20-49(35,8)38(37)19-21-50(39,42)9)57-48-45(30(4)43-41(58-48)26-53-33(7)56-43)60-47-44(29(3)28(2)32(6)55-47)59-46(52)34-13-11-10-12-14-34/h10-15,27-33,36-45,47-48H,16-26H2,1-9H3/t27-,28-,29+,30+,31+,32?,33?,36+,37-,38+,39+,40+,41?,42+,43+,44?,45?,47+,48-,49+,50+,51-/m1/s1. The summed E-state index contributed by atoms with van der Waals surface area (Å²) in [7, 11) is 0. The van der Waals surface area contributed by atoms with Crippen molar-refractivity contribution in [1.29, 1.82) is 0 Å². The van der Waals surface area contributed by atoms with Crippen molar-refractivity contribution in [3.05, 3.63) is 47.5 Å². The first-order chi connectivity index (χ1) is 29.2. The largest absolute Gasteiger partial charge is 0.453 e. The van der Waals surface area contributed by atoms with Crippen LogP contribution in [0, 0.1) is 64.1 Å². The van der Waals surface area contributed by atoms with Gasteiger partial charge >= 0.3 is 5.97 Å². The van der Waals surface area contributed by atoms with Crippen LogP contribution in [0.15, 0.2) is 42.0 Å². The second-order valence-electron chi connectivity index (χ2n) is 21.9. The van der Waals surface area contributed by atoms with E-state index in [1.165, 1.54) is 25.7 Å². The maximum absolute atomic E-state index is 13.5. The molecule has 10 nitrogen and oxygen atoms in total. The Hall–Kier alpha value is -1.89. The van der Waals surface area contributed by atoms with Crippen LogP contribution in [0.25, 0.3) is 0 Å². The Morgan fingerprint density at radius 1 is 0.770 bits per heavy atom. The molecule has 0 aromatic heterocycles. The van der Waals surface area contributed by atoms with Crippen molar-refractivity contribution in [2.45, 2.75) is 187 Å².